The number of aromatic nitrogens is 1. The average molecular weight is 367 g/mol. The van der Waals surface area contributed by atoms with Crippen LogP contribution in [0.15, 0.2) is 42.6 Å². The monoisotopic (exact) mass is 366 g/mol. The lowest BCUT2D eigenvalue weighted by molar-refractivity contribution is -0.134. The number of carbonyl (C=O) groups is 1. The van der Waals surface area contributed by atoms with E-state index >= 15 is 0 Å². The summed E-state index contributed by atoms with van der Waals surface area (Å²) in [5.74, 6) is 1.08. The van der Waals surface area contributed by atoms with Crippen molar-refractivity contribution in [2.75, 3.05) is 0 Å². The summed E-state index contributed by atoms with van der Waals surface area (Å²) in [6.07, 6.45) is 9.20. The van der Waals surface area contributed by atoms with Crippen LogP contribution in [0.5, 0.6) is 0 Å². The maximum Gasteiger partial charge on any atom is 0.223 e. The van der Waals surface area contributed by atoms with Gasteiger partial charge < -0.3 is 9.47 Å². The van der Waals surface area contributed by atoms with Crippen molar-refractivity contribution in [2.24, 2.45) is 5.92 Å². The molecule has 0 aliphatic heterocycles. The molecule has 0 radical (unpaired) electrons. The van der Waals surface area contributed by atoms with Gasteiger partial charge in [-0.1, -0.05) is 55.5 Å². The maximum absolute atomic E-state index is 12.9. The lowest BCUT2D eigenvalue weighted by Crippen LogP contribution is -2.37. The normalized spacial score (nSPS) is 14.8. The molecule has 1 aromatic heterocycles. The Kier molecular flexibility index (Phi) is 6.76. The van der Waals surface area contributed by atoms with E-state index in [9.17, 15) is 4.79 Å². The fraction of sp³-hybridized carbons (Fsp3) is 0.542. The van der Waals surface area contributed by atoms with Crippen molar-refractivity contribution < 1.29 is 4.79 Å². The van der Waals surface area contributed by atoms with Crippen molar-refractivity contribution in [3.8, 4) is 0 Å². The largest absolute Gasteiger partial charge is 0.345 e. The van der Waals surface area contributed by atoms with Gasteiger partial charge in [0.25, 0.3) is 0 Å². The number of carbonyl (C=O) groups excluding carboxylic acids is 1. The van der Waals surface area contributed by atoms with Gasteiger partial charge in [-0.3, -0.25) is 4.79 Å². The first kappa shape index (κ1) is 19.7. The Morgan fingerprint density at radius 1 is 1.15 bits per heavy atom. The Morgan fingerprint density at radius 2 is 1.85 bits per heavy atom. The van der Waals surface area contributed by atoms with Crippen LogP contribution in [-0.2, 0) is 17.9 Å². The molecule has 3 rings (SSSR count). The van der Waals surface area contributed by atoms with Crippen LogP contribution in [0.3, 0.4) is 0 Å². The second kappa shape index (κ2) is 9.25. The molecule has 146 valence electrons. The second-order valence-corrected chi connectivity index (χ2v) is 8.42. The van der Waals surface area contributed by atoms with Crippen LogP contribution in [0.25, 0.3) is 0 Å². The number of nitrogens with zero attached hydrogens (tertiary/aromatic N) is 2. The van der Waals surface area contributed by atoms with Crippen LogP contribution < -0.4 is 0 Å². The Morgan fingerprint density at radius 3 is 2.52 bits per heavy atom. The van der Waals surface area contributed by atoms with Crippen LogP contribution in [0, 0.1) is 12.8 Å². The first-order chi connectivity index (χ1) is 13.0. The molecule has 3 heteroatoms. The lowest BCUT2D eigenvalue weighted by Gasteiger charge is -2.28. The number of aryl methyl sites for hydroxylation is 1. The van der Waals surface area contributed by atoms with Crippen LogP contribution in [0.2, 0.25) is 0 Å². The van der Waals surface area contributed by atoms with E-state index in [0.29, 0.717) is 18.9 Å². The van der Waals surface area contributed by atoms with E-state index in [1.54, 1.807) is 0 Å². The van der Waals surface area contributed by atoms with Gasteiger partial charge in [-0.15, -0.1) is 0 Å². The van der Waals surface area contributed by atoms with Crippen LogP contribution in [0.4, 0.5) is 0 Å². The number of amides is 1. The molecule has 1 heterocycles. The lowest BCUT2D eigenvalue weighted by atomic mass is 10.0. The molecule has 0 atom stereocenters. The quantitative estimate of drug-likeness (QED) is 0.601. The molecule has 0 bridgehead atoms. The summed E-state index contributed by atoms with van der Waals surface area (Å²) in [4.78, 5) is 14.9. The zero-order chi connectivity index (χ0) is 19.2. The molecule has 1 aromatic carbocycles. The smallest absolute Gasteiger partial charge is 0.223 e. The summed E-state index contributed by atoms with van der Waals surface area (Å²) in [6.45, 7) is 7.91. The highest BCUT2D eigenvalue weighted by molar-refractivity contribution is 5.76. The van der Waals surface area contributed by atoms with E-state index in [2.05, 4.69) is 72.8 Å². The van der Waals surface area contributed by atoms with Gasteiger partial charge in [0.1, 0.15) is 0 Å². The highest BCUT2D eigenvalue weighted by Crippen LogP contribution is 2.29. The molecule has 0 unspecified atom stereocenters. The third kappa shape index (κ3) is 5.47. The van der Waals surface area contributed by atoms with Crippen molar-refractivity contribution in [3.05, 3.63) is 59.4 Å². The topological polar surface area (TPSA) is 25.2 Å². The van der Waals surface area contributed by atoms with Crippen molar-refractivity contribution in [1.29, 1.82) is 0 Å². The molecule has 3 nitrogen and oxygen atoms in total. The summed E-state index contributed by atoms with van der Waals surface area (Å²) in [5.41, 5.74) is 3.78. The van der Waals surface area contributed by atoms with Crippen molar-refractivity contribution >= 4 is 5.91 Å². The predicted octanol–water partition coefficient (Wildman–Crippen LogP) is 5.55. The zero-order valence-corrected chi connectivity index (χ0v) is 17.2. The van der Waals surface area contributed by atoms with Crippen molar-refractivity contribution in [2.45, 2.75) is 78.4 Å². The van der Waals surface area contributed by atoms with E-state index in [1.807, 2.05) is 0 Å². The van der Waals surface area contributed by atoms with Gasteiger partial charge in [0.05, 0.1) is 6.54 Å². The molecule has 2 aromatic rings. The molecular weight excluding hydrogens is 332 g/mol. The van der Waals surface area contributed by atoms with E-state index in [1.165, 1.54) is 42.5 Å². The molecule has 1 amide bonds. The van der Waals surface area contributed by atoms with Gasteiger partial charge in [0.15, 0.2) is 0 Å². The molecule has 0 spiro atoms. The SMILES string of the molecule is Cc1ccc(Cn2cccc2CN(C(=O)CCC2CCCC2)C(C)C)cc1. The van der Waals surface area contributed by atoms with Crippen molar-refractivity contribution in [3.63, 3.8) is 0 Å². The number of rotatable bonds is 8. The van der Waals surface area contributed by atoms with E-state index in [4.69, 9.17) is 0 Å². The molecule has 1 saturated carbocycles. The molecular formula is C24H34N2O. The molecule has 0 N–H and O–H groups in total. The molecule has 0 saturated heterocycles. The van der Waals surface area contributed by atoms with E-state index in [0.717, 1.165) is 18.9 Å². The summed E-state index contributed by atoms with van der Waals surface area (Å²) in [5, 5.41) is 0. The number of hydrogen-bond acceptors (Lipinski definition) is 1. The van der Waals surface area contributed by atoms with Gasteiger partial charge in [0.2, 0.25) is 5.91 Å². The highest BCUT2D eigenvalue weighted by Gasteiger charge is 2.21. The summed E-state index contributed by atoms with van der Waals surface area (Å²) >= 11 is 0. The predicted molar refractivity (Wildman–Crippen MR) is 112 cm³/mol. The van der Waals surface area contributed by atoms with Gasteiger partial charge in [0, 0.05) is 30.9 Å². The van der Waals surface area contributed by atoms with Gasteiger partial charge >= 0.3 is 0 Å². The van der Waals surface area contributed by atoms with Crippen LogP contribution >= 0.6 is 0 Å². The summed E-state index contributed by atoms with van der Waals surface area (Å²) < 4.78 is 2.27. The Bertz CT molecular complexity index is 723. The van der Waals surface area contributed by atoms with Gasteiger partial charge in [-0.05, 0) is 50.8 Å². The second-order valence-electron chi connectivity index (χ2n) is 8.42. The number of benzene rings is 1. The zero-order valence-electron chi connectivity index (χ0n) is 17.2. The fourth-order valence-electron chi connectivity index (χ4n) is 4.14. The molecule has 1 aliphatic rings. The van der Waals surface area contributed by atoms with E-state index < -0.39 is 0 Å². The Hall–Kier alpha value is -2.03. The minimum Gasteiger partial charge on any atom is -0.345 e. The standard InChI is InChI=1S/C24H34N2O/c1-19(2)26(24(27)15-14-21-7-4-5-8-21)18-23-9-6-16-25(23)17-22-12-10-20(3)11-13-22/h6,9-13,16,19,21H,4-5,7-8,14-15,17-18H2,1-3H3. The Balaban J connectivity index is 1.63. The van der Waals surface area contributed by atoms with Crippen LogP contribution in [-0.4, -0.2) is 21.4 Å². The number of hydrogen-bond donors (Lipinski definition) is 0. The molecule has 1 aliphatic carbocycles. The van der Waals surface area contributed by atoms with E-state index in [-0.39, 0.29) is 6.04 Å². The minimum atomic E-state index is 0.226. The van der Waals surface area contributed by atoms with Gasteiger partial charge in [-0.25, -0.2) is 0 Å². The van der Waals surface area contributed by atoms with Gasteiger partial charge in [-0.2, -0.15) is 0 Å². The maximum atomic E-state index is 12.9. The third-order valence-electron chi connectivity index (χ3n) is 5.91. The summed E-state index contributed by atoms with van der Waals surface area (Å²) in [7, 11) is 0. The Labute approximate surface area is 164 Å². The fourth-order valence-corrected chi connectivity index (χ4v) is 4.14. The first-order valence-electron chi connectivity index (χ1n) is 10.5. The molecule has 27 heavy (non-hydrogen) atoms. The highest BCUT2D eigenvalue weighted by atomic mass is 16.2. The first-order valence-corrected chi connectivity index (χ1v) is 10.5. The minimum absolute atomic E-state index is 0.226. The molecule has 1 fully saturated rings. The van der Waals surface area contributed by atoms with Crippen LogP contribution in [0.1, 0.15) is 69.2 Å². The summed E-state index contributed by atoms with van der Waals surface area (Å²) in [6, 6.07) is 13.2. The average Bonchev–Trinajstić information content (AvgIpc) is 3.31. The third-order valence-corrected chi connectivity index (χ3v) is 5.91. The van der Waals surface area contributed by atoms with Crippen molar-refractivity contribution in [1.82, 2.24) is 9.47 Å².